The van der Waals surface area contributed by atoms with E-state index in [9.17, 15) is 9.59 Å². The van der Waals surface area contributed by atoms with Crippen molar-refractivity contribution in [2.24, 2.45) is 0 Å². The zero-order valence-electron chi connectivity index (χ0n) is 14.4. The third-order valence-corrected chi connectivity index (χ3v) is 3.56. The number of amides is 2. The van der Waals surface area contributed by atoms with E-state index < -0.39 is 0 Å². The third kappa shape index (κ3) is 5.94. The van der Waals surface area contributed by atoms with Crippen LogP contribution in [0.3, 0.4) is 0 Å². The lowest BCUT2D eigenvalue weighted by atomic mass is 10.3. The molecule has 1 aromatic heterocycles. The first kappa shape index (κ1) is 19.0. The van der Waals surface area contributed by atoms with E-state index in [1.165, 1.54) is 6.20 Å². The zero-order valence-corrected chi connectivity index (χ0v) is 14.4. The average molecular weight is 322 g/mol. The van der Waals surface area contributed by atoms with Gasteiger partial charge in [0.15, 0.2) is 0 Å². The molecule has 0 aromatic carbocycles. The number of carbonyl (C=O) groups excluding carboxylic acids is 2. The molecule has 0 radical (unpaired) electrons. The van der Waals surface area contributed by atoms with Gasteiger partial charge in [-0.25, -0.2) is 4.98 Å². The normalized spacial score (nSPS) is 10.4. The second kappa shape index (κ2) is 9.89. The predicted octanol–water partition coefficient (Wildman–Crippen LogP) is 1.13. The van der Waals surface area contributed by atoms with Crippen molar-refractivity contribution in [3.05, 3.63) is 23.8 Å². The molecule has 0 spiro atoms. The van der Waals surface area contributed by atoms with Crippen LogP contribution >= 0.6 is 0 Å². The Bertz CT molecular complexity index is 501. The van der Waals surface area contributed by atoms with Crippen molar-refractivity contribution in [1.82, 2.24) is 19.8 Å². The molecule has 23 heavy (non-hydrogen) atoms. The van der Waals surface area contributed by atoms with Crippen molar-refractivity contribution >= 4 is 11.8 Å². The summed E-state index contributed by atoms with van der Waals surface area (Å²) in [6.07, 6.45) is 3.31. The molecule has 0 unspecified atom stereocenters. The molecule has 0 saturated heterocycles. The molecule has 128 valence electrons. The van der Waals surface area contributed by atoms with Gasteiger partial charge in [0.2, 0.25) is 5.91 Å². The smallest absolute Gasteiger partial charge is 0.274 e. The molecule has 1 heterocycles. The van der Waals surface area contributed by atoms with E-state index >= 15 is 0 Å². The van der Waals surface area contributed by atoms with Crippen molar-refractivity contribution in [2.75, 3.05) is 39.9 Å². The SMILES string of the molecule is CCN(CC)C(=O)CCN(CCOC)C(=O)c1cnc(C)cn1. The van der Waals surface area contributed by atoms with Crippen LogP contribution in [-0.2, 0) is 9.53 Å². The van der Waals surface area contributed by atoms with Gasteiger partial charge in [-0.05, 0) is 20.8 Å². The summed E-state index contributed by atoms with van der Waals surface area (Å²) in [5, 5.41) is 0. The minimum absolute atomic E-state index is 0.0419. The van der Waals surface area contributed by atoms with Crippen LogP contribution in [0.5, 0.6) is 0 Å². The summed E-state index contributed by atoms with van der Waals surface area (Å²) in [6.45, 7) is 8.20. The summed E-state index contributed by atoms with van der Waals surface area (Å²) < 4.78 is 5.05. The quantitative estimate of drug-likeness (QED) is 0.681. The van der Waals surface area contributed by atoms with E-state index in [0.29, 0.717) is 32.8 Å². The van der Waals surface area contributed by atoms with Gasteiger partial charge in [0.05, 0.1) is 18.5 Å². The topological polar surface area (TPSA) is 75.6 Å². The minimum atomic E-state index is -0.234. The van der Waals surface area contributed by atoms with Crippen LogP contribution in [0.25, 0.3) is 0 Å². The molecule has 0 saturated carbocycles. The van der Waals surface area contributed by atoms with Gasteiger partial charge in [-0.2, -0.15) is 0 Å². The molecule has 0 atom stereocenters. The molecule has 7 nitrogen and oxygen atoms in total. The number of hydrogen-bond donors (Lipinski definition) is 0. The fourth-order valence-corrected chi connectivity index (χ4v) is 2.15. The van der Waals surface area contributed by atoms with Gasteiger partial charge >= 0.3 is 0 Å². The van der Waals surface area contributed by atoms with E-state index in [1.807, 2.05) is 20.8 Å². The Morgan fingerprint density at radius 2 is 1.78 bits per heavy atom. The van der Waals surface area contributed by atoms with Crippen LogP contribution in [0.15, 0.2) is 12.4 Å². The molecular formula is C16H26N4O3. The van der Waals surface area contributed by atoms with Gasteiger partial charge in [-0.1, -0.05) is 0 Å². The lowest BCUT2D eigenvalue weighted by molar-refractivity contribution is -0.131. The number of ether oxygens (including phenoxy) is 1. The summed E-state index contributed by atoms with van der Waals surface area (Å²) in [5.74, 6) is -0.192. The Labute approximate surface area is 137 Å². The van der Waals surface area contributed by atoms with Gasteiger partial charge in [0, 0.05) is 45.9 Å². The largest absolute Gasteiger partial charge is 0.383 e. The molecule has 0 fully saturated rings. The predicted molar refractivity (Wildman–Crippen MR) is 87.1 cm³/mol. The lowest BCUT2D eigenvalue weighted by Gasteiger charge is -2.24. The number of methoxy groups -OCH3 is 1. The van der Waals surface area contributed by atoms with E-state index in [0.717, 1.165) is 5.69 Å². The van der Waals surface area contributed by atoms with E-state index in [1.54, 1.807) is 23.1 Å². The molecule has 0 bridgehead atoms. The first-order valence-corrected chi connectivity index (χ1v) is 7.88. The van der Waals surface area contributed by atoms with Crippen LogP contribution in [0.2, 0.25) is 0 Å². The van der Waals surface area contributed by atoms with E-state index in [2.05, 4.69) is 9.97 Å². The van der Waals surface area contributed by atoms with Gasteiger partial charge in [0.1, 0.15) is 5.69 Å². The molecule has 1 rings (SSSR count). The maximum atomic E-state index is 12.5. The fraction of sp³-hybridized carbons (Fsp3) is 0.625. The number of aryl methyl sites for hydroxylation is 1. The highest BCUT2D eigenvalue weighted by atomic mass is 16.5. The van der Waals surface area contributed by atoms with Crippen LogP contribution in [0, 0.1) is 6.92 Å². The molecule has 7 heteroatoms. The van der Waals surface area contributed by atoms with Crippen LogP contribution in [0.1, 0.15) is 36.5 Å². The van der Waals surface area contributed by atoms with Gasteiger partial charge < -0.3 is 14.5 Å². The Hall–Kier alpha value is -2.02. The van der Waals surface area contributed by atoms with Crippen molar-refractivity contribution in [3.8, 4) is 0 Å². The Morgan fingerprint density at radius 1 is 1.09 bits per heavy atom. The van der Waals surface area contributed by atoms with Crippen molar-refractivity contribution in [2.45, 2.75) is 27.2 Å². The zero-order chi connectivity index (χ0) is 17.2. The van der Waals surface area contributed by atoms with Gasteiger partial charge in [-0.3, -0.25) is 14.6 Å². The maximum Gasteiger partial charge on any atom is 0.274 e. The maximum absolute atomic E-state index is 12.5. The summed E-state index contributed by atoms with van der Waals surface area (Å²) in [6, 6.07) is 0. The molecule has 1 aromatic rings. The van der Waals surface area contributed by atoms with E-state index in [-0.39, 0.29) is 23.9 Å². The lowest BCUT2D eigenvalue weighted by Crippen LogP contribution is -2.39. The molecular weight excluding hydrogens is 296 g/mol. The first-order valence-electron chi connectivity index (χ1n) is 7.88. The average Bonchev–Trinajstić information content (AvgIpc) is 2.56. The summed E-state index contributed by atoms with van der Waals surface area (Å²) in [5.41, 5.74) is 1.03. The number of nitrogens with zero attached hydrogens (tertiary/aromatic N) is 4. The molecule has 0 N–H and O–H groups in total. The summed E-state index contributed by atoms with van der Waals surface area (Å²) >= 11 is 0. The van der Waals surface area contributed by atoms with Crippen LogP contribution in [0.4, 0.5) is 0 Å². The van der Waals surface area contributed by atoms with Gasteiger partial charge in [-0.15, -0.1) is 0 Å². The summed E-state index contributed by atoms with van der Waals surface area (Å²) in [4.78, 5) is 36.2. The second-order valence-electron chi connectivity index (χ2n) is 5.14. The van der Waals surface area contributed by atoms with Crippen LogP contribution in [-0.4, -0.2) is 71.5 Å². The Kier molecular flexibility index (Phi) is 8.18. The van der Waals surface area contributed by atoms with Crippen molar-refractivity contribution in [3.63, 3.8) is 0 Å². The molecule has 0 aliphatic carbocycles. The Morgan fingerprint density at radius 3 is 2.30 bits per heavy atom. The summed E-state index contributed by atoms with van der Waals surface area (Å²) in [7, 11) is 1.58. The Balaban J connectivity index is 2.73. The molecule has 0 aliphatic heterocycles. The number of carbonyl (C=O) groups is 2. The standard InChI is InChI=1S/C16H26N4O3/c1-5-19(6-2)15(21)7-8-20(9-10-23-4)16(22)14-12-17-13(3)11-18-14/h11-12H,5-10H2,1-4H3. The first-order chi connectivity index (χ1) is 11.0. The van der Waals surface area contributed by atoms with Crippen molar-refractivity contribution < 1.29 is 14.3 Å². The molecule has 2 amide bonds. The van der Waals surface area contributed by atoms with Gasteiger partial charge in [0.25, 0.3) is 5.91 Å². The van der Waals surface area contributed by atoms with Crippen LogP contribution < -0.4 is 0 Å². The highest BCUT2D eigenvalue weighted by Gasteiger charge is 2.19. The number of rotatable bonds is 9. The number of aromatic nitrogens is 2. The highest BCUT2D eigenvalue weighted by molar-refractivity contribution is 5.92. The van der Waals surface area contributed by atoms with Crippen molar-refractivity contribution in [1.29, 1.82) is 0 Å². The third-order valence-electron chi connectivity index (χ3n) is 3.56. The van der Waals surface area contributed by atoms with E-state index in [4.69, 9.17) is 4.74 Å². The second-order valence-corrected chi connectivity index (χ2v) is 5.14. The highest BCUT2D eigenvalue weighted by Crippen LogP contribution is 2.04. The number of hydrogen-bond acceptors (Lipinski definition) is 5. The monoisotopic (exact) mass is 322 g/mol. The minimum Gasteiger partial charge on any atom is -0.383 e. The fourth-order valence-electron chi connectivity index (χ4n) is 2.15. The molecule has 0 aliphatic rings.